The molecule has 0 bridgehead atoms. The van der Waals surface area contributed by atoms with Crippen molar-refractivity contribution in [3.63, 3.8) is 0 Å². The summed E-state index contributed by atoms with van der Waals surface area (Å²) >= 11 is 0. The van der Waals surface area contributed by atoms with E-state index in [4.69, 9.17) is 14.2 Å². The van der Waals surface area contributed by atoms with Gasteiger partial charge in [-0.1, -0.05) is 13.8 Å². The fourth-order valence-corrected chi connectivity index (χ4v) is 3.91. The average molecular weight is 483 g/mol. The Morgan fingerprint density at radius 2 is 1.69 bits per heavy atom. The molecule has 1 fully saturated rings. The molecule has 1 heterocycles. The van der Waals surface area contributed by atoms with E-state index in [1.54, 1.807) is 49.6 Å². The summed E-state index contributed by atoms with van der Waals surface area (Å²) in [5.74, 6) is 0.435. The van der Waals surface area contributed by atoms with Crippen molar-refractivity contribution in [3.05, 3.63) is 59.2 Å². The van der Waals surface area contributed by atoms with Gasteiger partial charge < -0.3 is 29.1 Å². The first-order valence-electron chi connectivity index (χ1n) is 11.6. The maximum Gasteiger partial charge on any atom is 0.295 e. The number of methoxy groups -OCH3 is 2. The Morgan fingerprint density at radius 1 is 1.03 bits per heavy atom. The van der Waals surface area contributed by atoms with Gasteiger partial charge in [0.1, 0.15) is 23.0 Å². The van der Waals surface area contributed by atoms with Gasteiger partial charge >= 0.3 is 0 Å². The highest BCUT2D eigenvalue weighted by Gasteiger charge is 2.47. The number of likely N-dealkylation sites (tertiary alicyclic amines) is 1. The molecule has 1 N–H and O–H groups in total. The molecule has 0 aliphatic carbocycles. The van der Waals surface area contributed by atoms with Crippen LogP contribution in [0.25, 0.3) is 5.76 Å². The topological polar surface area (TPSA) is 88.5 Å². The summed E-state index contributed by atoms with van der Waals surface area (Å²) in [5.41, 5.74) is 1.03. The van der Waals surface area contributed by atoms with Gasteiger partial charge in [-0.15, -0.1) is 0 Å². The van der Waals surface area contributed by atoms with Crippen LogP contribution in [0.3, 0.4) is 0 Å². The van der Waals surface area contributed by atoms with Gasteiger partial charge in [0.05, 0.1) is 32.4 Å². The zero-order valence-corrected chi connectivity index (χ0v) is 21.2. The number of aliphatic hydroxyl groups excluding tert-OH is 1. The van der Waals surface area contributed by atoms with E-state index in [1.165, 1.54) is 12.0 Å². The first kappa shape index (κ1) is 26.1. The third kappa shape index (κ3) is 5.77. The molecule has 0 radical (unpaired) electrons. The van der Waals surface area contributed by atoms with E-state index in [1.807, 2.05) is 19.0 Å². The average Bonchev–Trinajstić information content (AvgIpc) is 3.10. The zero-order valence-electron chi connectivity index (χ0n) is 21.2. The Morgan fingerprint density at radius 3 is 2.26 bits per heavy atom. The van der Waals surface area contributed by atoms with E-state index < -0.39 is 17.7 Å². The van der Waals surface area contributed by atoms with E-state index in [0.29, 0.717) is 54.0 Å². The predicted molar refractivity (Wildman–Crippen MR) is 134 cm³/mol. The molecule has 188 valence electrons. The number of hydrogen-bond acceptors (Lipinski definition) is 7. The van der Waals surface area contributed by atoms with Crippen molar-refractivity contribution in [3.8, 4) is 17.2 Å². The monoisotopic (exact) mass is 482 g/mol. The number of hydrogen-bond donors (Lipinski definition) is 1. The highest BCUT2D eigenvalue weighted by atomic mass is 16.5. The van der Waals surface area contributed by atoms with Crippen molar-refractivity contribution in [1.82, 2.24) is 9.80 Å². The second-order valence-electron chi connectivity index (χ2n) is 9.13. The summed E-state index contributed by atoms with van der Waals surface area (Å²) in [5, 5.41) is 11.3. The quantitative estimate of drug-likeness (QED) is 0.314. The van der Waals surface area contributed by atoms with Crippen molar-refractivity contribution >= 4 is 17.4 Å². The number of ketones is 1. The van der Waals surface area contributed by atoms with Crippen LogP contribution in [-0.2, 0) is 9.59 Å². The van der Waals surface area contributed by atoms with Crippen LogP contribution in [0.1, 0.15) is 31.0 Å². The van der Waals surface area contributed by atoms with Crippen LogP contribution in [0.15, 0.2) is 48.0 Å². The van der Waals surface area contributed by atoms with Gasteiger partial charge in [0.2, 0.25) is 0 Å². The highest BCUT2D eigenvalue weighted by Crippen LogP contribution is 2.43. The standard InChI is InChI=1S/C27H34N2O6/c1-17(2)16-35-19-9-7-18(8-10-19)25(30)23-24(21-12-11-20(33-5)15-22(21)34-6)29(14-13-28(3)4)27(32)26(23)31/h7-12,15,17,24,30H,13-14,16H2,1-6H3/b25-23+/t24-/m0/s1. The molecule has 1 aliphatic rings. The van der Waals surface area contributed by atoms with Crippen molar-refractivity contribution in [2.45, 2.75) is 19.9 Å². The number of amides is 1. The maximum absolute atomic E-state index is 13.2. The molecule has 1 saturated heterocycles. The van der Waals surface area contributed by atoms with Crippen LogP contribution in [-0.4, -0.2) is 74.6 Å². The van der Waals surface area contributed by atoms with E-state index in [-0.39, 0.29) is 11.3 Å². The Hall–Kier alpha value is -3.52. The van der Waals surface area contributed by atoms with E-state index >= 15 is 0 Å². The molecule has 8 heteroatoms. The Bertz CT molecular complexity index is 1090. The number of carbonyl (C=O) groups excluding carboxylic acids is 2. The fourth-order valence-electron chi connectivity index (χ4n) is 3.91. The number of nitrogens with zero attached hydrogens (tertiary/aromatic N) is 2. The molecule has 2 aromatic carbocycles. The van der Waals surface area contributed by atoms with Gasteiger partial charge in [0.15, 0.2) is 0 Å². The van der Waals surface area contributed by atoms with Crippen LogP contribution >= 0.6 is 0 Å². The smallest absolute Gasteiger partial charge is 0.295 e. The minimum atomic E-state index is -0.812. The van der Waals surface area contributed by atoms with Gasteiger partial charge in [-0.3, -0.25) is 9.59 Å². The summed E-state index contributed by atoms with van der Waals surface area (Å²) in [4.78, 5) is 29.7. The van der Waals surface area contributed by atoms with Crippen molar-refractivity contribution in [1.29, 1.82) is 0 Å². The number of rotatable bonds is 10. The van der Waals surface area contributed by atoms with Crippen LogP contribution < -0.4 is 14.2 Å². The molecule has 3 rings (SSSR count). The lowest BCUT2D eigenvalue weighted by molar-refractivity contribution is -0.140. The van der Waals surface area contributed by atoms with Crippen molar-refractivity contribution in [2.75, 3.05) is 48.0 Å². The minimum Gasteiger partial charge on any atom is -0.507 e. The van der Waals surface area contributed by atoms with Crippen LogP contribution in [0.2, 0.25) is 0 Å². The highest BCUT2D eigenvalue weighted by molar-refractivity contribution is 6.46. The molecular weight excluding hydrogens is 448 g/mol. The maximum atomic E-state index is 13.2. The van der Waals surface area contributed by atoms with Gasteiger partial charge in [0, 0.05) is 30.3 Å². The first-order valence-corrected chi connectivity index (χ1v) is 11.6. The van der Waals surface area contributed by atoms with Gasteiger partial charge in [-0.25, -0.2) is 0 Å². The number of benzene rings is 2. The Labute approximate surface area is 206 Å². The van der Waals surface area contributed by atoms with Gasteiger partial charge in [-0.2, -0.15) is 0 Å². The fraction of sp³-hybridized carbons (Fsp3) is 0.407. The number of likely N-dealkylation sites (N-methyl/N-ethyl adjacent to an activating group) is 1. The van der Waals surface area contributed by atoms with Crippen LogP contribution in [0, 0.1) is 5.92 Å². The molecule has 2 aromatic rings. The van der Waals surface area contributed by atoms with Gasteiger partial charge in [0.25, 0.3) is 11.7 Å². The molecule has 8 nitrogen and oxygen atoms in total. The molecule has 35 heavy (non-hydrogen) atoms. The molecule has 0 aromatic heterocycles. The lowest BCUT2D eigenvalue weighted by atomic mass is 9.94. The molecule has 1 atom stereocenters. The number of Topliss-reactive ketones (excluding diaryl/α,β-unsaturated/α-hetero) is 1. The summed E-state index contributed by atoms with van der Waals surface area (Å²) < 4.78 is 16.6. The third-order valence-electron chi connectivity index (χ3n) is 5.77. The second kappa shape index (κ2) is 11.3. The third-order valence-corrected chi connectivity index (χ3v) is 5.77. The van der Waals surface area contributed by atoms with E-state index in [2.05, 4.69) is 13.8 Å². The molecule has 0 unspecified atom stereocenters. The minimum absolute atomic E-state index is 0.0214. The van der Waals surface area contributed by atoms with Crippen LogP contribution in [0.5, 0.6) is 17.2 Å². The number of ether oxygens (including phenoxy) is 3. The van der Waals surface area contributed by atoms with Crippen molar-refractivity contribution in [2.24, 2.45) is 5.92 Å². The second-order valence-corrected chi connectivity index (χ2v) is 9.13. The summed E-state index contributed by atoms with van der Waals surface area (Å²) in [6.45, 7) is 5.53. The van der Waals surface area contributed by atoms with Gasteiger partial charge in [-0.05, 0) is 56.4 Å². The molecule has 1 amide bonds. The van der Waals surface area contributed by atoms with Crippen LogP contribution in [0.4, 0.5) is 0 Å². The predicted octanol–water partition coefficient (Wildman–Crippen LogP) is 3.72. The largest absolute Gasteiger partial charge is 0.507 e. The number of carbonyl (C=O) groups is 2. The molecule has 0 saturated carbocycles. The zero-order chi connectivity index (χ0) is 25.7. The lowest BCUT2D eigenvalue weighted by Gasteiger charge is -2.27. The summed E-state index contributed by atoms with van der Waals surface area (Å²) in [6.07, 6.45) is 0. The lowest BCUT2D eigenvalue weighted by Crippen LogP contribution is -2.35. The summed E-state index contributed by atoms with van der Waals surface area (Å²) in [7, 11) is 6.84. The normalized spacial score (nSPS) is 17.4. The molecule has 0 spiro atoms. The first-order chi connectivity index (χ1) is 16.7. The van der Waals surface area contributed by atoms with E-state index in [0.717, 1.165) is 0 Å². The molecule has 1 aliphatic heterocycles. The van der Waals surface area contributed by atoms with E-state index in [9.17, 15) is 14.7 Å². The Balaban J connectivity index is 2.10. The summed E-state index contributed by atoms with van der Waals surface area (Å²) in [6, 6.07) is 11.2. The number of aliphatic hydroxyl groups is 1. The Kier molecular flexibility index (Phi) is 8.40. The SMILES string of the molecule is COc1ccc([C@H]2/C(=C(\O)c3ccc(OCC(C)C)cc3)C(=O)C(=O)N2CCN(C)C)c(OC)c1. The van der Waals surface area contributed by atoms with Crippen molar-refractivity contribution < 1.29 is 28.9 Å². The molecular formula is C27H34N2O6.